The van der Waals surface area contributed by atoms with Crippen molar-refractivity contribution in [2.24, 2.45) is 11.8 Å². The highest BCUT2D eigenvalue weighted by Crippen LogP contribution is 2.65. The zero-order valence-electron chi connectivity index (χ0n) is 24.3. The van der Waals surface area contributed by atoms with E-state index in [0.29, 0.717) is 32.1 Å². The second-order valence-electron chi connectivity index (χ2n) is 12.3. The first kappa shape index (κ1) is 30.0. The van der Waals surface area contributed by atoms with E-state index >= 15 is 0 Å². The van der Waals surface area contributed by atoms with Crippen LogP contribution < -0.4 is 0 Å². The zero-order valence-corrected chi connectivity index (χ0v) is 24.3. The van der Waals surface area contributed by atoms with Crippen LogP contribution in [0.25, 0.3) is 0 Å². The van der Waals surface area contributed by atoms with Crippen LogP contribution in [0.5, 0.6) is 0 Å². The van der Waals surface area contributed by atoms with Crippen molar-refractivity contribution in [1.82, 2.24) is 9.80 Å². The molecule has 2 amide bonds. The van der Waals surface area contributed by atoms with E-state index in [4.69, 9.17) is 9.47 Å². The molecule has 3 heterocycles. The number of nitrogens with zero attached hydrogens (tertiary/aromatic N) is 2. The van der Waals surface area contributed by atoms with Gasteiger partial charge in [-0.3, -0.25) is 14.4 Å². The Morgan fingerprint density at radius 1 is 1.23 bits per heavy atom. The number of rotatable bonds is 12. The number of hydrogen-bond donors (Lipinski definition) is 1. The highest BCUT2D eigenvalue weighted by molar-refractivity contribution is 5.99. The highest BCUT2D eigenvalue weighted by atomic mass is 16.6. The summed E-state index contributed by atoms with van der Waals surface area (Å²) in [5.41, 5.74) is -1.70. The van der Waals surface area contributed by atoms with Crippen LogP contribution in [0.2, 0.25) is 0 Å². The Kier molecular flexibility index (Phi) is 8.62. The summed E-state index contributed by atoms with van der Waals surface area (Å²) in [4.78, 5) is 46.0. The number of ether oxygens (including phenoxy) is 2. The third-order valence-electron chi connectivity index (χ3n) is 8.98. The van der Waals surface area contributed by atoms with Crippen molar-refractivity contribution in [2.75, 3.05) is 19.8 Å². The lowest BCUT2D eigenvalue weighted by atomic mass is 9.65. The van der Waals surface area contributed by atoms with Gasteiger partial charge in [0.2, 0.25) is 11.8 Å². The van der Waals surface area contributed by atoms with Gasteiger partial charge in [0, 0.05) is 12.1 Å². The van der Waals surface area contributed by atoms with Crippen LogP contribution in [0.15, 0.2) is 55.6 Å². The molecule has 40 heavy (non-hydrogen) atoms. The molecule has 3 saturated heterocycles. The Bertz CT molecular complexity index is 1130. The molecular weight excluding hydrogens is 508 g/mol. The van der Waals surface area contributed by atoms with E-state index in [-0.39, 0.29) is 31.6 Å². The van der Waals surface area contributed by atoms with E-state index in [9.17, 15) is 19.5 Å². The molecule has 0 aromatic heterocycles. The van der Waals surface area contributed by atoms with Crippen LogP contribution >= 0.6 is 0 Å². The normalized spacial score (nSPS) is 29.7. The molecule has 0 radical (unpaired) electrons. The molecular formula is C32H44N2O6. The Hall–Kier alpha value is -2.97. The smallest absolute Gasteiger partial charge is 0.312 e. The lowest BCUT2D eigenvalue weighted by molar-refractivity contribution is -0.164. The fraction of sp³-hybridized carbons (Fsp3) is 0.594. The van der Waals surface area contributed by atoms with Crippen molar-refractivity contribution in [2.45, 2.75) is 88.6 Å². The maximum atomic E-state index is 14.6. The minimum Gasteiger partial charge on any atom is -0.465 e. The Morgan fingerprint density at radius 2 is 1.93 bits per heavy atom. The average Bonchev–Trinajstić information content (AvgIpc) is 3.53. The standard InChI is InChI=1S/C32H44N2O6/c1-7-10-19-39-29(38)25-24-27(36)34(23(21-35)20-22-14-12-11-13-15-22)26(28(37)33(18-8-2)30(4,5)6)32(24)17-16-31(25,9-3)40-32/h7-8,11-15,23-26,35H,1-2,9-10,16-21H2,3-6H3/t23-,24+,25-,26?,31+,32?/m1/s1. The summed E-state index contributed by atoms with van der Waals surface area (Å²) in [6.07, 6.45) is 5.74. The van der Waals surface area contributed by atoms with Gasteiger partial charge in [-0.1, -0.05) is 49.4 Å². The van der Waals surface area contributed by atoms with Gasteiger partial charge in [0.1, 0.15) is 17.6 Å². The molecule has 4 rings (SSSR count). The molecule has 1 N–H and O–H groups in total. The number of aliphatic hydroxyl groups is 1. The van der Waals surface area contributed by atoms with Crippen LogP contribution in [0, 0.1) is 11.8 Å². The molecule has 1 aromatic carbocycles. The SMILES string of the molecule is C=CCCOC(=O)[C@H]1[C@H]2C(=O)N([C@@H](CO)Cc3ccccc3)C(C(=O)N(CC=C)C(C)(C)C)C23CC[C@]1(CC)O3. The van der Waals surface area contributed by atoms with Crippen LogP contribution in [0.3, 0.4) is 0 Å². The van der Waals surface area contributed by atoms with E-state index in [1.165, 1.54) is 4.90 Å². The van der Waals surface area contributed by atoms with Crippen LogP contribution in [0.4, 0.5) is 0 Å². The van der Waals surface area contributed by atoms with Gasteiger partial charge in [-0.25, -0.2) is 0 Å². The molecule has 218 valence electrons. The van der Waals surface area contributed by atoms with Crippen LogP contribution in [-0.2, 0) is 30.3 Å². The molecule has 3 fully saturated rings. The van der Waals surface area contributed by atoms with Gasteiger partial charge in [-0.15, -0.1) is 13.2 Å². The average molecular weight is 553 g/mol. The van der Waals surface area contributed by atoms with Crippen molar-refractivity contribution < 1.29 is 29.0 Å². The molecule has 8 nitrogen and oxygen atoms in total. The predicted octanol–water partition coefficient (Wildman–Crippen LogP) is 3.68. The molecule has 2 bridgehead atoms. The predicted molar refractivity (Wildman–Crippen MR) is 152 cm³/mol. The lowest BCUT2D eigenvalue weighted by Gasteiger charge is -2.43. The monoisotopic (exact) mass is 552 g/mol. The van der Waals surface area contributed by atoms with E-state index in [2.05, 4.69) is 13.2 Å². The fourth-order valence-electron chi connectivity index (χ4n) is 7.13. The molecule has 1 aromatic rings. The molecule has 2 unspecified atom stereocenters. The third kappa shape index (κ3) is 4.90. The minimum absolute atomic E-state index is 0.170. The number of aliphatic hydroxyl groups excluding tert-OH is 1. The second-order valence-corrected chi connectivity index (χ2v) is 12.3. The molecule has 0 aliphatic carbocycles. The van der Waals surface area contributed by atoms with Gasteiger partial charge in [0.15, 0.2) is 0 Å². The van der Waals surface area contributed by atoms with Gasteiger partial charge in [-0.2, -0.15) is 0 Å². The Balaban J connectivity index is 1.83. The molecule has 6 atom stereocenters. The summed E-state index contributed by atoms with van der Waals surface area (Å²) < 4.78 is 12.5. The van der Waals surface area contributed by atoms with Crippen molar-refractivity contribution in [1.29, 1.82) is 0 Å². The van der Waals surface area contributed by atoms with Crippen molar-refractivity contribution in [3.8, 4) is 0 Å². The number of esters is 1. The molecule has 3 aliphatic heterocycles. The molecule has 3 aliphatic rings. The number of likely N-dealkylation sites (tertiary alicyclic amines) is 1. The zero-order chi connectivity index (χ0) is 29.3. The highest BCUT2D eigenvalue weighted by Gasteiger charge is 2.79. The number of carbonyl (C=O) groups is 3. The summed E-state index contributed by atoms with van der Waals surface area (Å²) in [6.45, 7) is 15.5. The van der Waals surface area contributed by atoms with Crippen molar-refractivity contribution >= 4 is 17.8 Å². The van der Waals surface area contributed by atoms with Gasteiger partial charge in [0.05, 0.1) is 30.8 Å². The topological polar surface area (TPSA) is 96.4 Å². The van der Waals surface area contributed by atoms with Crippen LogP contribution in [-0.4, -0.2) is 81.3 Å². The lowest BCUT2D eigenvalue weighted by Crippen LogP contribution is -2.62. The number of benzene rings is 1. The van der Waals surface area contributed by atoms with Crippen molar-refractivity contribution in [3.05, 3.63) is 61.2 Å². The first-order valence-corrected chi connectivity index (χ1v) is 14.4. The first-order chi connectivity index (χ1) is 19.0. The first-order valence-electron chi connectivity index (χ1n) is 14.4. The molecule has 0 saturated carbocycles. The Labute approximate surface area is 238 Å². The van der Waals surface area contributed by atoms with Gasteiger partial charge in [0.25, 0.3) is 0 Å². The minimum atomic E-state index is -1.19. The van der Waals surface area contributed by atoms with E-state index in [0.717, 1.165) is 5.56 Å². The largest absolute Gasteiger partial charge is 0.465 e. The number of hydrogen-bond acceptors (Lipinski definition) is 6. The maximum absolute atomic E-state index is 14.6. The van der Waals surface area contributed by atoms with E-state index in [1.807, 2.05) is 58.0 Å². The summed E-state index contributed by atoms with van der Waals surface area (Å²) >= 11 is 0. The van der Waals surface area contributed by atoms with E-state index in [1.54, 1.807) is 17.1 Å². The number of amides is 2. The van der Waals surface area contributed by atoms with Crippen LogP contribution in [0.1, 0.15) is 58.9 Å². The number of fused-ring (bicyclic) bond motifs is 1. The second kappa shape index (κ2) is 11.5. The summed E-state index contributed by atoms with van der Waals surface area (Å²) in [5.74, 6) is -2.77. The van der Waals surface area contributed by atoms with Gasteiger partial charge >= 0.3 is 5.97 Å². The third-order valence-corrected chi connectivity index (χ3v) is 8.98. The molecule has 8 heteroatoms. The maximum Gasteiger partial charge on any atom is 0.312 e. The molecule has 1 spiro atoms. The fourth-order valence-corrected chi connectivity index (χ4v) is 7.13. The summed E-state index contributed by atoms with van der Waals surface area (Å²) in [6, 6.07) is 7.92. The summed E-state index contributed by atoms with van der Waals surface area (Å²) in [5, 5.41) is 10.6. The summed E-state index contributed by atoms with van der Waals surface area (Å²) in [7, 11) is 0. The van der Waals surface area contributed by atoms with Crippen molar-refractivity contribution in [3.63, 3.8) is 0 Å². The van der Waals surface area contributed by atoms with Gasteiger partial charge < -0.3 is 24.4 Å². The Morgan fingerprint density at radius 3 is 2.50 bits per heavy atom. The van der Waals surface area contributed by atoms with Gasteiger partial charge in [-0.05, 0) is 58.4 Å². The van der Waals surface area contributed by atoms with E-state index < -0.39 is 46.6 Å². The number of carbonyl (C=O) groups excluding carboxylic acids is 3. The quantitative estimate of drug-likeness (QED) is 0.242.